The number of aromatic nitrogens is 2. The second-order valence-electron chi connectivity index (χ2n) is 8.63. The van der Waals surface area contributed by atoms with Gasteiger partial charge in [0.2, 0.25) is 0 Å². The summed E-state index contributed by atoms with van der Waals surface area (Å²) in [6.07, 6.45) is 5.27. The number of nitrogens with one attached hydrogen (secondary N) is 1. The topological polar surface area (TPSA) is 65.9 Å². The zero-order valence-corrected chi connectivity index (χ0v) is 18.4. The third-order valence-corrected chi connectivity index (χ3v) is 5.86. The zero-order chi connectivity index (χ0) is 21.4. The Labute approximate surface area is 183 Å². The van der Waals surface area contributed by atoms with Crippen molar-refractivity contribution in [1.29, 1.82) is 0 Å². The average molecular weight is 417 g/mol. The molecule has 1 aromatic carbocycles. The number of hydrogen-bond acceptors (Lipinski definition) is 7. The molecule has 31 heavy (non-hydrogen) atoms. The molecule has 7 nitrogen and oxygen atoms in total. The average Bonchev–Trinajstić information content (AvgIpc) is 3.32. The summed E-state index contributed by atoms with van der Waals surface area (Å²) in [7, 11) is 2.15. The summed E-state index contributed by atoms with van der Waals surface area (Å²) in [5.74, 6) is 3.14. The van der Waals surface area contributed by atoms with Crippen molar-refractivity contribution in [2.75, 3.05) is 50.0 Å². The summed E-state index contributed by atoms with van der Waals surface area (Å²) in [5, 5.41) is 3.33. The molecule has 2 aromatic rings. The molecule has 0 unspecified atom stereocenters. The fraction of sp³-hybridized carbons (Fsp3) is 0.375. The Hall–Kier alpha value is -3.19. The number of hydrogen-bond donors (Lipinski definition) is 1. The van der Waals surface area contributed by atoms with Gasteiger partial charge in [-0.2, -0.15) is 9.97 Å². The van der Waals surface area contributed by atoms with E-state index in [1.54, 1.807) is 0 Å². The van der Waals surface area contributed by atoms with Gasteiger partial charge in [0.25, 0.3) is 0 Å². The Bertz CT molecular complexity index is 1100. The summed E-state index contributed by atoms with van der Waals surface area (Å²) in [6.45, 7) is 8.83. The maximum Gasteiger partial charge on any atom is 0.325 e. The van der Waals surface area contributed by atoms with Gasteiger partial charge in [-0.1, -0.05) is 17.7 Å². The number of allylic oxidation sites excluding steroid dienone is 1. The Balaban J connectivity index is 1.43. The number of anilines is 2. The highest BCUT2D eigenvalue weighted by molar-refractivity contribution is 6.05. The standard InChI is InChI=1S/C24H28N6O/c1-16-10-18-4-5-20(13-19(18)11-16)31-24-27-22(26-21-12-17(2)15-25-21)14-23(28-24)30-8-6-29(3)7-9-30/h4-5,11-14H,6-10,15H2,1-3H3,(H,25,26,27,28). The molecular formula is C24H28N6O. The van der Waals surface area contributed by atoms with Crippen molar-refractivity contribution >= 4 is 23.5 Å². The number of benzene rings is 1. The lowest BCUT2D eigenvalue weighted by Gasteiger charge is -2.33. The fourth-order valence-electron chi connectivity index (χ4n) is 4.12. The highest BCUT2D eigenvalue weighted by Crippen LogP contribution is 2.31. The van der Waals surface area contributed by atoms with Gasteiger partial charge < -0.3 is 19.9 Å². The van der Waals surface area contributed by atoms with Crippen LogP contribution in [0.1, 0.15) is 25.0 Å². The summed E-state index contributed by atoms with van der Waals surface area (Å²) in [5.41, 5.74) is 5.15. The first-order chi connectivity index (χ1) is 15.0. The SMILES string of the molecule is CC1=CC(Nc2cc(N3CCN(C)CC3)nc(Oc3ccc4c(c3)C=C(C)C4)n2)=NC1. The molecule has 0 saturated carbocycles. The van der Waals surface area contributed by atoms with Crippen molar-refractivity contribution in [2.45, 2.75) is 20.3 Å². The van der Waals surface area contributed by atoms with Crippen molar-refractivity contribution in [3.63, 3.8) is 0 Å². The molecule has 1 aromatic heterocycles. The largest absolute Gasteiger partial charge is 0.424 e. The smallest absolute Gasteiger partial charge is 0.325 e. The Morgan fingerprint density at radius 3 is 2.58 bits per heavy atom. The van der Waals surface area contributed by atoms with Crippen LogP contribution in [-0.4, -0.2) is 60.5 Å². The van der Waals surface area contributed by atoms with Crippen molar-refractivity contribution < 1.29 is 4.74 Å². The van der Waals surface area contributed by atoms with Crippen LogP contribution in [0.15, 0.2) is 46.5 Å². The first-order valence-electron chi connectivity index (χ1n) is 10.8. The molecule has 1 saturated heterocycles. The van der Waals surface area contributed by atoms with E-state index in [4.69, 9.17) is 9.72 Å². The highest BCUT2D eigenvalue weighted by atomic mass is 16.5. The van der Waals surface area contributed by atoms with E-state index in [0.717, 1.165) is 56.5 Å². The van der Waals surface area contributed by atoms with Gasteiger partial charge in [0, 0.05) is 32.2 Å². The minimum absolute atomic E-state index is 0.344. The lowest BCUT2D eigenvalue weighted by Crippen LogP contribution is -2.44. The van der Waals surface area contributed by atoms with Crippen molar-refractivity contribution in [2.24, 2.45) is 4.99 Å². The Morgan fingerprint density at radius 1 is 0.968 bits per heavy atom. The van der Waals surface area contributed by atoms with Crippen LogP contribution in [0.5, 0.6) is 11.8 Å². The molecule has 7 heteroatoms. The van der Waals surface area contributed by atoms with E-state index in [1.165, 1.54) is 22.3 Å². The monoisotopic (exact) mass is 416 g/mol. The molecule has 3 heterocycles. The van der Waals surface area contributed by atoms with Gasteiger partial charge in [0.15, 0.2) is 0 Å². The van der Waals surface area contributed by atoms with E-state index in [1.807, 2.05) is 18.2 Å². The Morgan fingerprint density at radius 2 is 1.81 bits per heavy atom. The molecule has 2 aliphatic heterocycles. The molecule has 5 rings (SSSR count). The molecule has 3 aliphatic rings. The van der Waals surface area contributed by atoms with E-state index < -0.39 is 0 Å². The molecule has 160 valence electrons. The number of aliphatic imine (C=N–C) groups is 1. The van der Waals surface area contributed by atoms with Gasteiger partial charge in [-0.15, -0.1) is 0 Å². The number of fused-ring (bicyclic) bond motifs is 1. The quantitative estimate of drug-likeness (QED) is 0.819. The summed E-state index contributed by atoms with van der Waals surface area (Å²) in [6, 6.07) is 8.52. The van der Waals surface area contributed by atoms with E-state index in [2.05, 4.69) is 64.2 Å². The van der Waals surface area contributed by atoms with Crippen LogP contribution in [0.2, 0.25) is 0 Å². The third kappa shape index (κ3) is 4.46. The second-order valence-corrected chi connectivity index (χ2v) is 8.63. The number of nitrogens with zero attached hydrogens (tertiary/aromatic N) is 5. The summed E-state index contributed by atoms with van der Waals surface area (Å²) >= 11 is 0. The molecule has 1 N–H and O–H groups in total. The van der Waals surface area contributed by atoms with Crippen LogP contribution >= 0.6 is 0 Å². The van der Waals surface area contributed by atoms with Gasteiger partial charge in [0.1, 0.15) is 23.2 Å². The van der Waals surface area contributed by atoms with Gasteiger partial charge in [-0.25, -0.2) is 0 Å². The third-order valence-electron chi connectivity index (χ3n) is 5.86. The second kappa shape index (κ2) is 8.15. The lowest BCUT2D eigenvalue weighted by molar-refractivity contribution is 0.311. The molecule has 0 spiro atoms. The fourth-order valence-corrected chi connectivity index (χ4v) is 4.12. The van der Waals surface area contributed by atoms with Crippen LogP contribution in [0.4, 0.5) is 11.6 Å². The molecule has 0 radical (unpaired) electrons. The number of rotatable bonds is 4. The molecule has 0 bridgehead atoms. The van der Waals surface area contributed by atoms with Crippen molar-refractivity contribution in [1.82, 2.24) is 14.9 Å². The van der Waals surface area contributed by atoms with Gasteiger partial charge in [0.05, 0.1) is 6.54 Å². The maximum atomic E-state index is 6.13. The van der Waals surface area contributed by atoms with Crippen LogP contribution in [0.3, 0.4) is 0 Å². The highest BCUT2D eigenvalue weighted by Gasteiger charge is 2.19. The molecule has 0 amide bonds. The lowest BCUT2D eigenvalue weighted by atomic mass is 10.1. The summed E-state index contributed by atoms with van der Waals surface area (Å²) < 4.78 is 6.13. The number of piperazine rings is 1. The van der Waals surface area contributed by atoms with E-state index in [0.29, 0.717) is 11.8 Å². The van der Waals surface area contributed by atoms with Crippen LogP contribution < -0.4 is 15.0 Å². The minimum atomic E-state index is 0.344. The van der Waals surface area contributed by atoms with Crippen LogP contribution in [0.25, 0.3) is 6.08 Å². The first-order valence-corrected chi connectivity index (χ1v) is 10.8. The Kier molecular flexibility index (Phi) is 5.19. The van der Waals surface area contributed by atoms with E-state index in [-0.39, 0.29) is 0 Å². The summed E-state index contributed by atoms with van der Waals surface area (Å²) in [4.78, 5) is 18.5. The predicted octanol–water partition coefficient (Wildman–Crippen LogP) is 3.75. The first kappa shape index (κ1) is 19.8. The van der Waals surface area contributed by atoms with Gasteiger partial charge in [-0.3, -0.25) is 4.99 Å². The number of amidine groups is 1. The van der Waals surface area contributed by atoms with Crippen LogP contribution in [0, 0.1) is 0 Å². The van der Waals surface area contributed by atoms with Crippen LogP contribution in [-0.2, 0) is 6.42 Å². The maximum absolute atomic E-state index is 6.13. The number of likely N-dealkylation sites (N-methyl/N-ethyl adjacent to an activating group) is 1. The van der Waals surface area contributed by atoms with Crippen molar-refractivity contribution in [3.05, 3.63) is 52.6 Å². The molecule has 1 fully saturated rings. The zero-order valence-electron chi connectivity index (χ0n) is 18.4. The molecule has 1 aliphatic carbocycles. The molecule has 0 atom stereocenters. The normalized spacial score (nSPS) is 18.4. The minimum Gasteiger partial charge on any atom is -0.424 e. The number of ether oxygens (including phenoxy) is 1. The van der Waals surface area contributed by atoms with Gasteiger partial charge >= 0.3 is 6.01 Å². The predicted molar refractivity (Wildman–Crippen MR) is 125 cm³/mol. The molecular weight excluding hydrogens is 388 g/mol. The van der Waals surface area contributed by atoms with E-state index >= 15 is 0 Å². The van der Waals surface area contributed by atoms with E-state index in [9.17, 15) is 0 Å². The van der Waals surface area contributed by atoms with Gasteiger partial charge in [-0.05, 0) is 62.2 Å². The van der Waals surface area contributed by atoms with Crippen molar-refractivity contribution in [3.8, 4) is 11.8 Å².